The van der Waals surface area contributed by atoms with Crippen LogP contribution in [0.2, 0.25) is 0 Å². The van der Waals surface area contributed by atoms with Crippen molar-refractivity contribution in [2.45, 2.75) is 37.7 Å². The molecule has 0 fully saturated rings. The molecular weight excluding hydrogens is 202 g/mol. The number of carbonyl (C=O) groups is 2. The van der Waals surface area contributed by atoms with E-state index in [-0.39, 0.29) is 11.2 Å². The molecule has 0 saturated heterocycles. The van der Waals surface area contributed by atoms with E-state index in [0.717, 1.165) is 18.2 Å². The Morgan fingerprint density at radius 2 is 1.93 bits per heavy atom. The van der Waals surface area contributed by atoms with Crippen molar-refractivity contribution in [1.29, 1.82) is 0 Å². The minimum absolute atomic E-state index is 0.0926. The Bertz CT molecular complexity index is 208. The largest absolute Gasteiger partial charge is 0.480 e. The molecule has 0 aromatic heterocycles. The van der Waals surface area contributed by atoms with Crippen LogP contribution in [0.25, 0.3) is 0 Å². The molecule has 2 unspecified atom stereocenters. The number of carbonyl (C=O) groups excluding carboxylic acids is 1. The number of hydrogen-bond donors (Lipinski definition) is 2. The number of hydrogen-bond acceptors (Lipinski definition) is 3. The molecule has 82 valence electrons. The van der Waals surface area contributed by atoms with Crippen molar-refractivity contribution in [3.63, 3.8) is 0 Å². The van der Waals surface area contributed by atoms with E-state index in [1.54, 1.807) is 13.8 Å². The van der Waals surface area contributed by atoms with Crippen LogP contribution in [0.5, 0.6) is 0 Å². The van der Waals surface area contributed by atoms with Gasteiger partial charge in [0.2, 0.25) is 5.91 Å². The predicted octanol–water partition coefficient (Wildman–Crippen LogP) is 1.11. The zero-order valence-corrected chi connectivity index (χ0v) is 9.56. The fourth-order valence-electron chi connectivity index (χ4n) is 0.818. The Kier molecular flexibility index (Phi) is 6.36. The van der Waals surface area contributed by atoms with Crippen molar-refractivity contribution in [1.82, 2.24) is 5.32 Å². The summed E-state index contributed by atoms with van der Waals surface area (Å²) >= 11 is 1.15. The van der Waals surface area contributed by atoms with Crippen LogP contribution in [0.3, 0.4) is 0 Å². The third-order valence-corrected chi connectivity index (χ3v) is 2.91. The number of carboxylic acid groups (broad SMARTS) is 1. The minimum atomic E-state index is -0.884. The second-order valence-electron chi connectivity index (χ2n) is 3.05. The normalized spacial score (nSPS) is 14.5. The molecule has 4 nitrogen and oxygen atoms in total. The molecule has 0 aromatic carbocycles. The predicted molar refractivity (Wildman–Crippen MR) is 57.5 cm³/mol. The van der Waals surface area contributed by atoms with Crippen molar-refractivity contribution in [2.24, 2.45) is 0 Å². The van der Waals surface area contributed by atoms with Crippen LogP contribution in [-0.4, -0.2) is 34.0 Å². The van der Waals surface area contributed by atoms with E-state index in [9.17, 15) is 9.59 Å². The third-order valence-electron chi connectivity index (χ3n) is 1.67. The Morgan fingerprint density at radius 3 is 2.36 bits per heavy atom. The van der Waals surface area contributed by atoms with E-state index < -0.39 is 11.2 Å². The fraction of sp³-hybridized carbons (Fsp3) is 0.778. The summed E-state index contributed by atoms with van der Waals surface area (Å²) in [5.41, 5.74) is 0. The van der Waals surface area contributed by atoms with Crippen LogP contribution in [0.1, 0.15) is 27.2 Å². The Morgan fingerprint density at radius 1 is 1.36 bits per heavy atom. The molecule has 0 radical (unpaired) electrons. The van der Waals surface area contributed by atoms with E-state index >= 15 is 0 Å². The summed E-state index contributed by atoms with van der Waals surface area (Å²) in [7, 11) is 0. The molecule has 0 bridgehead atoms. The van der Waals surface area contributed by atoms with Gasteiger partial charge >= 0.3 is 5.97 Å². The van der Waals surface area contributed by atoms with Crippen LogP contribution in [0, 0.1) is 0 Å². The molecule has 0 aliphatic carbocycles. The molecular formula is C9H17NO3S. The summed E-state index contributed by atoms with van der Waals surface area (Å²) in [4.78, 5) is 21.9. The van der Waals surface area contributed by atoms with Gasteiger partial charge in [0.05, 0.1) is 5.25 Å². The second-order valence-corrected chi connectivity index (χ2v) is 4.74. The van der Waals surface area contributed by atoms with E-state index in [2.05, 4.69) is 5.32 Å². The lowest BCUT2D eigenvalue weighted by molar-refractivity contribution is -0.136. The molecule has 0 saturated carbocycles. The molecule has 0 aliphatic rings. The van der Waals surface area contributed by atoms with Crippen molar-refractivity contribution < 1.29 is 14.7 Å². The maximum Gasteiger partial charge on any atom is 0.316 e. The summed E-state index contributed by atoms with van der Waals surface area (Å²) in [6.45, 7) is 5.91. The molecule has 0 heterocycles. The SMILES string of the molecule is CCCNC(=O)C(C)SC(C)C(=O)O. The summed E-state index contributed by atoms with van der Waals surface area (Å²) in [5.74, 6) is -0.977. The van der Waals surface area contributed by atoms with Crippen molar-refractivity contribution in [3.8, 4) is 0 Å². The second kappa shape index (κ2) is 6.70. The average molecular weight is 219 g/mol. The van der Waals surface area contributed by atoms with Gasteiger partial charge in [0, 0.05) is 6.54 Å². The Balaban J connectivity index is 3.88. The fourth-order valence-corrected chi connectivity index (χ4v) is 1.75. The van der Waals surface area contributed by atoms with Gasteiger partial charge in [-0.15, -0.1) is 11.8 Å². The summed E-state index contributed by atoms with van der Waals surface area (Å²) in [5, 5.41) is 10.5. The van der Waals surface area contributed by atoms with Crippen LogP contribution in [-0.2, 0) is 9.59 Å². The average Bonchev–Trinajstić information content (AvgIpc) is 2.13. The van der Waals surface area contributed by atoms with Crippen molar-refractivity contribution in [2.75, 3.05) is 6.54 Å². The first-order chi connectivity index (χ1) is 6.49. The zero-order valence-electron chi connectivity index (χ0n) is 8.74. The van der Waals surface area contributed by atoms with Gasteiger partial charge in [0.15, 0.2) is 0 Å². The number of aliphatic carboxylic acids is 1. The van der Waals surface area contributed by atoms with Crippen LogP contribution >= 0.6 is 11.8 Å². The van der Waals surface area contributed by atoms with Crippen molar-refractivity contribution in [3.05, 3.63) is 0 Å². The van der Waals surface area contributed by atoms with E-state index in [0.29, 0.717) is 6.54 Å². The highest BCUT2D eigenvalue weighted by Gasteiger charge is 2.20. The summed E-state index contributed by atoms with van der Waals surface area (Å²) in [6.07, 6.45) is 0.887. The lowest BCUT2D eigenvalue weighted by Gasteiger charge is -2.13. The lowest BCUT2D eigenvalue weighted by Crippen LogP contribution is -2.33. The van der Waals surface area contributed by atoms with Gasteiger partial charge in [-0.2, -0.15) is 0 Å². The van der Waals surface area contributed by atoms with E-state index in [4.69, 9.17) is 5.11 Å². The lowest BCUT2D eigenvalue weighted by atomic mass is 10.4. The number of rotatable bonds is 6. The first kappa shape index (κ1) is 13.3. The van der Waals surface area contributed by atoms with Gasteiger partial charge < -0.3 is 10.4 Å². The highest BCUT2D eigenvalue weighted by molar-refractivity contribution is 8.01. The smallest absolute Gasteiger partial charge is 0.316 e. The summed E-state index contributed by atoms with van der Waals surface area (Å²) < 4.78 is 0. The topological polar surface area (TPSA) is 66.4 Å². The molecule has 5 heteroatoms. The third kappa shape index (κ3) is 5.11. The molecule has 14 heavy (non-hydrogen) atoms. The highest BCUT2D eigenvalue weighted by atomic mass is 32.2. The van der Waals surface area contributed by atoms with E-state index in [1.165, 1.54) is 0 Å². The van der Waals surface area contributed by atoms with Gasteiger partial charge in [0.1, 0.15) is 5.25 Å². The maximum absolute atomic E-state index is 11.3. The number of thioether (sulfide) groups is 1. The Labute approximate surface area is 88.4 Å². The number of carboxylic acids is 1. The first-order valence-electron chi connectivity index (χ1n) is 4.65. The highest BCUT2D eigenvalue weighted by Crippen LogP contribution is 2.17. The summed E-state index contributed by atoms with van der Waals surface area (Å²) in [6, 6.07) is 0. The monoisotopic (exact) mass is 219 g/mol. The quantitative estimate of drug-likeness (QED) is 0.702. The Hall–Kier alpha value is -0.710. The molecule has 0 aliphatic heterocycles. The standard InChI is InChI=1S/C9H17NO3S/c1-4-5-10-8(11)6(2)14-7(3)9(12)13/h6-7H,4-5H2,1-3H3,(H,10,11)(H,12,13). The van der Waals surface area contributed by atoms with Gasteiger partial charge in [-0.1, -0.05) is 6.92 Å². The van der Waals surface area contributed by atoms with Gasteiger partial charge in [-0.3, -0.25) is 9.59 Å². The number of amides is 1. The molecule has 2 atom stereocenters. The molecule has 0 rings (SSSR count). The van der Waals surface area contributed by atoms with Crippen molar-refractivity contribution >= 4 is 23.6 Å². The number of nitrogens with one attached hydrogen (secondary N) is 1. The van der Waals surface area contributed by atoms with E-state index in [1.807, 2.05) is 6.92 Å². The molecule has 0 aromatic rings. The maximum atomic E-state index is 11.3. The molecule has 0 spiro atoms. The van der Waals surface area contributed by atoms with Crippen LogP contribution in [0.15, 0.2) is 0 Å². The first-order valence-corrected chi connectivity index (χ1v) is 5.59. The van der Waals surface area contributed by atoms with Crippen LogP contribution in [0.4, 0.5) is 0 Å². The van der Waals surface area contributed by atoms with Gasteiger partial charge in [-0.05, 0) is 20.3 Å². The molecule has 1 amide bonds. The van der Waals surface area contributed by atoms with Gasteiger partial charge in [-0.25, -0.2) is 0 Å². The zero-order chi connectivity index (χ0) is 11.1. The van der Waals surface area contributed by atoms with Gasteiger partial charge in [0.25, 0.3) is 0 Å². The molecule has 2 N–H and O–H groups in total. The van der Waals surface area contributed by atoms with Crippen LogP contribution < -0.4 is 5.32 Å². The minimum Gasteiger partial charge on any atom is -0.480 e.